The molecule has 0 amide bonds. The van der Waals surface area contributed by atoms with Crippen LogP contribution in [0.1, 0.15) is 37.1 Å². The number of benzene rings is 1. The molecule has 0 spiro atoms. The van der Waals surface area contributed by atoms with E-state index in [2.05, 4.69) is 5.10 Å². The Morgan fingerprint density at radius 2 is 1.86 bits per heavy atom. The van der Waals surface area contributed by atoms with Gasteiger partial charge in [-0.1, -0.05) is 17.7 Å². The predicted octanol–water partition coefficient (Wildman–Crippen LogP) is 4.82. The maximum absolute atomic E-state index is 14.1. The highest BCUT2D eigenvalue weighted by Crippen LogP contribution is 2.36. The average molecular weight is 442 g/mol. The summed E-state index contributed by atoms with van der Waals surface area (Å²) in [5, 5.41) is 3.79. The molecule has 1 aromatic carbocycles. The summed E-state index contributed by atoms with van der Waals surface area (Å²) in [6, 6.07) is 3.93. The van der Waals surface area contributed by atoms with Gasteiger partial charge in [0.25, 0.3) is 0 Å². The Balaban J connectivity index is 1.93. The minimum atomic E-state index is -4.68. The van der Waals surface area contributed by atoms with E-state index in [1.807, 2.05) is 0 Å². The lowest BCUT2D eigenvalue weighted by Gasteiger charge is -2.28. The Labute approximate surface area is 167 Å². The number of aromatic nitrogens is 3. The van der Waals surface area contributed by atoms with E-state index >= 15 is 0 Å². The predicted molar refractivity (Wildman–Crippen MR) is 93.7 cm³/mol. The van der Waals surface area contributed by atoms with Gasteiger partial charge in [0.2, 0.25) is 5.92 Å². The molecule has 1 aromatic heterocycles. The molecule has 0 unspecified atom stereocenters. The first-order valence-electron chi connectivity index (χ1n) is 8.99. The summed E-state index contributed by atoms with van der Waals surface area (Å²) in [6.07, 6.45) is -5.42. The van der Waals surface area contributed by atoms with Gasteiger partial charge in [0, 0.05) is 36.4 Å². The van der Waals surface area contributed by atoms with Gasteiger partial charge < -0.3 is 0 Å². The van der Waals surface area contributed by atoms with Crippen LogP contribution >= 0.6 is 11.6 Å². The van der Waals surface area contributed by atoms with Crippen molar-refractivity contribution in [3.05, 3.63) is 50.9 Å². The van der Waals surface area contributed by atoms with Gasteiger partial charge >= 0.3 is 11.9 Å². The molecule has 4 nitrogen and oxygen atoms in total. The summed E-state index contributed by atoms with van der Waals surface area (Å²) >= 11 is 5.98. The normalized spacial score (nSPS) is 17.6. The summed E-state index contributed by atoms with van der Waals surface area (Å²) in [5.74, 6) is -3.86. The molecule has 0 aliphatic heterocycles. The standard InChI is InChI=1S/C18H18ClF6N3O/c19-13-2-1-3-14(20)12(13)8-15-26-28(10-18(23,24)25)16(29)27(15)9-11-4-6-17(21,22)7-5-11/h1-3,11H,4-10H2. The lowest BCUT2D eigenvalue weighted by Crippen LogP contribution is -2.33. The lowest BCUT2D eigenvalue weighted by atomic mass is 9.86. The van der Waals surface area contributed by atoms with Gasteiger partial charge in [0.1, 0.15) is 18.2 Å². The van der Waals surface area contributed by atoms with Crippen molar-refractivity contribution in [2.75, 3.05) is 0 Å². The minimum Gasteiger partial charge on any atom is -0.278 e. The van der Waals surface area contributed by atoms with Crippen molar-refractivity contribution < 1.29 is 26.3 Å². The van der Waals surface area contributed by atoms with Crippen molar-refractivity contribution in [3.8, 4) is 0 Å². The summed E-state index contributed by atoms with van der Waals surface area (Å²) in [4.78, 5) is 12.5. The fourth-order valence-corrected chi connectivity index (χ4v) is 3.70. The summed E-state index contributed by atoms with van der Waals surface area (Å²) < 4.78 is 80.5. The van der Waals surface area contributed by atoms with E-state index in [1.54, 1.807) is 0 Å². The van der Waals surface area contributed by atoms with Crippen LogP contribution in [0.5, 0.6) is 0 Å². The van der Waals surface area contributed by atoms with Crippen LogP contribution in [0.25, 0.3) is 0 Å². The zero-order valence-electron chi connectivity index (χ0n) is 15.2. The number of nitrogens with zero attached hydrogens (tertiary/aromatic N) is 3. The summed E-state index contributed by atoms with van der Waals surface area (Å²) in [7, 11) is 0. The first kappa shape index (κ1) is 21.7. The molecule has 0 radical (unpaired) electrons. The van der Waals surface area contributed by atoms with Crippen LogP contribution in [0.4, 0.5) is 26.3 Å². The lowest BCUT2D eigenvalue weighted by molar-refractivity contribution is -0.143. The average Bonchev–Trinajstić information content (AvgIpc) is 2.87. The van der Waals surface area contributed by atoms with Crippen molar-refractivity contribution in [1.29, 1.82) is 0 Å². The third-order valence-electron chi connectivity index (χ3n) is 5.00. The highest BCUT2D eigenvalue weighted by atomic mass is 35.5. The van der Waals surface area contributed by atoms with Crippen molar-refractivity contribution in [2.24, 2.45) is 5.92 Å². The Morgan fingerprint density at radius 1 is 1.21 bits per heavy atom. The SMILES string of the molecule is O=c1n(CC(F)(F)F)nc(Cc2c(F)cccc2Cl)n1CC1CCC(F)(F)CC1. The zero-order valence-corrected chi connectivity index (χ0v) is 15.9. The topological polar surface area (TPSA) is 39.8 Å². The molecule has 1 saturated carbocycles. The largest absolute Gasteiger partial charge is 0.408 e. The Kier molecular flexibility index (Phi) is 6.03. The van der Waals surface area contributed by atoms with Crippen LogP contribution < -0.4 is 5.69 Å². The molecule has 0 bridgehead atoms. The van der Waals surface area contributed by atoms with Crippen molar-refractivity contribution in [1.82, 2.24) is 14.3 Å². The van der Waals surface area contributed by atoms with E-state index in [1.165, 1.54) is 12.1 Å². The molecule has 3 rings (SSSR count). The minimum absolute atomic E-state index is 0.00486. The van der Waals surface area contributed by atoms with E-state index in [4.69, 9.17) is 11.6 Å². The molecular formula is C18H18ClF6N3O. The molecule has 1 aliphatic rings. The number of halogens is 7. The molecule has 160 valence electrons. The van der Waals surface area contributed by atoms with Gasteiger partial charge in [-0.3, -0.25) is 4.57 Å². The second-order valence-corrected chi connectivity index (χ2v) is 7.67. The van der Waals surface area contributed by atoms with Crippen LogP contribution in [0, 0.1) is 11.7 Å². The monoisotopic (exact) mass is 441 g/mol. The first-order valence-corrected chi connectivity index (χ1v) is 9.37. The van der Waals surface area contributed by atoms with Gasteiger partial charge in [-0.25, -0.2) is 22.6 Å². The zero-order chi connectivity index (χ0) is 21.4. The Hall–Kier alpha value is -1.97. The number of hydrogen-bond donors (Lipinski definition) is 0. The molecular weight excluding hydrogens is 424 g/mol. The number of alkyl halides is 5. The van der Waals surface area contributed by atoms with Crippen LogP contribution in [0.3, 0.4) is 0 Å². The van der Waals surface area contributed by atoms with Gasteiger partial charge in [0.05, 0.1) is 0 Å². The highest BCUT2D eigenvalue weighted by molar-refractivity contribution is 6.31. The van der Waals surface area contributed by atoms with E-state index in [9.17, 15) is 31.1 Å². The Morgan fingerprint density at radius 3 is 2.45 bits per heavy atom. The second kappa shape index (κ2) is 8.04. The molecule has 29 heavy (non-hydrogen) atoms. The quantitative estimate of drug-likeness (QED) is 0.624. The first-order chi connectivity index (χ1) is 13.5. The number of hydrogen-bond acceptors (Lipinski definition) is 2. The van der Waals surface area contributed by atoms with Crippen molar-refractivity contribution >= 4 is 11.6 Å². The van der Waals surface area contributed by atoms with E-state index in [0.29, 0.717) is 0 Å². The maximum atomic E-state index is 14.1. The molecule has 1 fully saturated rings. The molecule has 0 N–H and O–H groups in total. The van der Waals surface area contributed by atoms with Crippen LogP contribution in [0.2, 0.25) is 5.02 Å². The molecule has 1 heterocycles. The second-order valence-electron chi connectivity index (χ2n) is 7.26. The Bertz CT molecular complexity index is 906. The third-order valence-corrected chi connectivity index (χ3v) is 5.36. The molecule has 2 aromatic rings. The number of rotatable bonds is 5. The molecule has 11 heteroatoms. The van der Waals surface area contributed by atoms with Gasteiger partial charge in [-0.05, 0) is 30.9 Å². The maximum Gasteiger partial charge on any atom is 0.408 e. The highest BCUT2D eigenvalue weighted by Gasteiger charge is 2.36. The smallest absolute Gasteiger partial charge is 0.278 e. The molecule has 0 atom stereocenters. The van der Waals surface area contributed by atoms with Gasteiger partial charge in [-0.15, -0.1) is 0 Å². The fraction of sp³-hybridized carbons (Fsp3) is 0.556. The van der Waals surface area contributed by atoms with Crippen LogP contribution in [0.15, 0.2) is 23.0 Å². The van der Waals surface area contributed by atoms with Crippen molar-refractivity contribution in [2.45, 2.75) is 57.3 Å². The van der Waals surface area contributed by atoms with Crippen LogP contribution in [-0.4, -0.2) is 26.4 Å². The fourth-order valence-electron chi connectivity index (χ4n) is 3.47. The van der Waals surface area contributed by atoms with E-state index in [-0.39, 0.29) is 65.7 Å². The van der Waals surface area contributed by atoms with E-state index in [0.717, 1.165) is 10.6 Å². The van der Waals surface area contributed by atoms with Crippen LogP contribution in [-0.2, 0) is 19.5 Å². The van der Waals surface area contributed by atoms with Crippen molar-refractivity contribution in [3.63, 3.8) is 0 Å². The summed E-state index contributed by atoms with van der Waals surface area (Å²) in [6.45, 7) is -1.66. The third kappa shape index (κ3) is 5.34. The van der Waals surface area contributed by atoms with Gasteiger partial charge in [0.15, 0.2) is 0 Å². The molecule has 0 saturated heterocycles. The summed E-state index contributed by atoms with van der Waals surface area (Å²) in [5.41, 5.74) is -1.02. The van der Waals surface area contributed by atoms with Gasteiger partial charge in [-0.2, -0.15) is 18.3 Å². The molecule has 1 aliphatic carbocycles. The van der Waals surface area contributed by atoms with E-state index < -0.39 is 30.2 Å².